The first-order valence-electron chi connectivity index (χ1n) is 6.60. The van der Waals surface area contributed by atoms with Gasteiger partial charge in [-0.05, 0) is 30.3 Å². The smallest absolute Gasteiger partial charge is 0.267 e. The number of rotatable bonds is 2. The van der Waals surface area contributed by atoms with Gasteiger partial charge in [0, 0.05) is 33.7 Å². The molecule has 2 heterocycles. The number of fused-ring (bicyclic) bond motifs is 5. The van der Waals surface area contributed by atoms with Gasteiger partial charge in [-0.3, -0.25) is 9.59 Å². The van der Waals surface area contributed by atoms with E-state index in [-0.39, 0.29) is 5.70 Å². The predicted octanol–water partition coefficient (Wildman–Crippen LogP) is -0.257. The minimum atomic E-state index is -0.573. The third kappa shape index (κ3) is 1.54. The maximum absolute atomic E-state index is 11.4. The number of primary amides is 2. The van der Waals surface area contributed by atoms with Crippen LogP contribution in [0.15, 0.2) is 40.3 Å². The van der Waals surface area contributed by atoms with E-state index in [1.54, 1.807) is 30.5 Å². The van der Waals surface area contributed by atoms with Crippen LogP contribution in [0.4, 0.5) is 5.69 Å². The van der Waals surface area contributed by atoms with E-state index >= 15 is 0 Å². The molecule has 106 valence electrons. The lowest BCUT2D eigenvalue weighted by molar-refractivity contribution is -0.112. The van der Waals surface area contributed by atoms with Crippen LogP contribution < -0.4 is 22.0 Å². The van der Waals surface area contributed by atoms with Crippen LogP contribution in [0.25, 0.3) is 16.8 Å². The summed E-state index contributed by atoms with van der Waals surface area (Å²) in [4.78, 5) is 31.4. The Balaban J connectivity index is 2.07. The van der Waals surface area contributed by atoms with Gasteiger partial charge in [-0.2, -0.15) is 0 Å². The van der Waals surface area contributed by atoms with Gasteiger partial charge in [-0.1, -0.05) is 0 Å². The zero-order valence-corrected chi connectivity index (χ0v) is 11.3. The van der Waals surface area contributed by atoms with Crippen molar-refractivity contribution < 1.29 is 9.59 Å². The van der Waals surface area contributed by atoms with Crippen LogP contribution in [0.2, 0.25) is 0 Å². The van der Waals surface area contributed by atoms with E-state index in [1.807, 2.05) is 6.07 Å². The number of hydrogen-bond acceptors (Lipinski definition) is 4. The lowest BCUT2D eigenvalue weighted by atomic mass is 9.97. The van der Waals surface area contributed by atoms with Gasteiger partial charge in [-0.15, -0.1) is 0 Å². The number of nitrogens with zero attached hydrogens (tertiary/aromatic N) is 2. The molecule has 2 aromatic rings. The Morgan fingerprint density at radius 1 is 1.00 bits per heavy atom. The normalized spacial score (nSPS) is 13.4. The molecule has 6 heteroatoms. The number of benzene rings is 2. The van der Waals surface area contributed by atoms with Crippen molar-refractivity contribution >= 4 is 29.4 Å². The first-order chi connectivity index (χ1) is 10.6. The Bertz CT molecular complexity index is 1030. The van der Waals surface area contributed by atoms with Crippen LogP contribution in [-0.4, -0.2) is 18.0 Å². The van der Waals surface area contributed by atoms with Crippen LogP contribution in [0.5, 0.6) is 0 Å². The predicted molar refractivity (Wildman–Crippen MR) is 81.0 cm³/mol. The summed E-state index contributed by atoms with van der Waals surface area (Å²) in [5, 5.41) is 1.45. The summed E-state index contributed by atoms with van der Waals surface area (Å²) in [6.45, 7) is 0. The van der Waals surface area contributed by atoms with Crippen LogP contribution in [0, 0.1) is 0 Å². The molecule has 0 unspecified atom stereocenters. The van der Waals surface area contributed by atoms with Gasteiger partial charge >= 0.3 is 0 Å². The van der Waals surface area contributed by atoms with E-state index in [2.05, 4.69) is 9.98 Å². The molecule has 0 aromatic heterocycles. The molecule has 2 aromatic carbocycles. The van der Waals surface area contributed by atoms with Gasteiger partial charge < -0.3 is 11.5 Å². The van der Waals surface area contributed by atoms with Crippen molar-refractivity contribution in [3.63, 3.8) is 0 Å². The van der Waals surface area contributed by atoms with Crippen molar-refractivity contribution in [1.82, 2.24) is 0 Å². The van der Waals surface area contributed by atoms with E-state index in [9.17, 15) is 9.59 Å². The van der Waals surface area contributed by atoms with E-state index in [0.717, 1.165) is 27.7 Å². The highest BCUT2D eigenvalue weighted by molar-refractivity contribution is 6.18. The fraction of sp³-hybridized carbons (Fsp3) is 0. The van der Waals surface area contributed by atoms with Gasteiger partial charge in [0.1, 0.15) is 5.70 Å². The highest BCUT2D eigenvalue weighted by atomic mass is 16.1. The van der Waals surface area contributed by atoms with E-state index in [1.165, 1.54) is 0 Å². The zero-order chi connectivity index (χ0) is 15.4. The maximum atomic E-state index is 11.4. The third-order valence-corrected chi connectivity index (χ3v) is 3.83. The second-order valence-electron chi connectivity index (χ2n) is 5.10. The number of nitrogens with two attached hydrogens (primary N) is 2. The summed E-state index contributed by atoms with van der Waals surface area (Å²) in [5.41, 5.74) is 14.5. The molecule has 0 atom stereocenters. The molecule has 4 rings (SSSR count). The van der Waals surface area contributed by atoms with Crippen LogP contribution in [0.3, 0.4) is 0 Å². The molecule has 0 aliphatic carbocycles. The molecule has 0 fully saturated rings. The van der Waals surface area contributed by atoms with Gasteiger partial charge in [0.25, 0.3) is 5.91 Å². The average molecular weight is 290 g/mol. The van der Waals surface area contributed by atoms with Crippen molar-refractivity contribution in [2.75, 3.05) is 0 Å². The second kappa shape index (κ2) is 4.11. The molecular weight excluding hydrogens is 280 g/mol. The highest BCUT2D eigenvalue weighted by Gasteiger charge is 2.22. The Morgan fingerprint density at radius 3 is 2.55 bits per heavy atom. The molecular formula is C16H10N4O2. The Labute approximate surface area is 124 Å². The van der Waals surface area contributed by atoms with Gasteiger partial charge in [0.15, 0.2) is 0 Å². The fourth-order valence-corrected chi connectivity index (χ4v) is 2.84. The molecule has 0 bridgehead atoms. The zero-order valence-electron chi connectivity index (χ0n) is 11.3. The topological polar surface area (TPSA) is 111 Å². The van der Waals surface area contributed by atoms with Crippen molar-refractivity contribution in [3.8, 4) is 11.1 Å². The molecule has 2 aliphatic rings. The summed E-state index contributed by atoms with van der Waals surface area (Å²) in [7, 11) is 0. The van der Waals surface area contributed by atoms with E-state index in [0.29, 0.717) is 10.8 Å². The molecule has 0 saturated heterocycles. The standard InChI is InChI=1S/C16H10N4O2/c17-15(21)7-1-3-11-9(5-7)13-10-6-19-14(16(18)22)8(10)2-4-12(13)20-11/h1-6H,(H2,17,21)(H2,18,22). The monoisotopic (exact) mass is 290 g/mol. The molecule has 0 saturated carbocycles. The highest BCUT2D eigenvalue weighted by Crippen LogP contribution is 2.34. The largest absolute Gasteiger partial charge is 0.366 e. The summed E-state index contributed by atoms with van der Waals surface area (Å²) in [6, 6.07) is 8.71. The first kappa shape index (κ1) is 12.5. The number of carbonyl (C=O) groups excluding carboxylic acids is 2. The van der Waals surface area contributed by atoms with E-state index in [4.69, 9.17) is 11.5 Å². The molecule has 2 aliphatic heterocycles. The molecule has 0 spiro atoms. The summed E-state index contributed by atoms with van der Waals surface area (Å²) in [5.74, 6) is -1.07. The first-order valence-corrected chi connectivity index (χ1v) is 6.60. The minimum absolute atomic E-state index is 0.234. The molecule has 6 nitrogen and oxygen atoms in total. The lowest BCUT2D eigenvalue weighted by Gasteiger charge is -2.04. The fourth-order valence-electron chi connectivity index (χ4n) is 2.84. The van der Waals surface area contributed by atoms with Crippen LogP contribution in [0.1, 0.15) is 15.9 Å². The van der Waals surface area contributed by atoms with Crippen molar-refractivity contribution in [2.45, 2.75) is 0 Å². The number of amides is 2. The Morgan fingerprint density at radius 2 is 1.82 bits per heavy atom. The number of aliphatic imine (C=N–C) groups is 1. The average Bonchev–Trinajstić information content (AvgIpc) is 3.06. The number of hydrogen-bond donors (Lipinski definition) is 2. The Kier molecular flexibility index (Phi) is 2.33. The molecule has 2 amide bonds. The summed E-state index contributed by atoms with van der Waals surface area (Å²) in [6.07, 6.45) is 1.61. The lowest BCUT2D eigenvalue weighted by Crippen LogP contribution is -2.21. The Hall–Kier alpha value is -3.28. The van der Waals surface area contributed by atoms with Crippen molar-refractivity contribution in [3.05, 3.63) is 52.0 Å². The van der Waals surface area contributed by atoms with Crippen molar-refractivity contribution in [1.29, 1.82) is 0 Å². The second-order valence-corrected chi connectivity index (χ2v) is 5.10. The van der Waals surface area contributed by atoms with Crippen LogP contribution in [-0.2, 0) is 4.79 Å². The van der Waals surface area contributed by atoms with Crippen LogP contribution >= 0.6 is 0 Å². The van der Waals surface area contributed by atoms with Crippen molar-refractivity contribution in [2.24, 2.45) is 21.5 Å². The quantitative estimate of drug-likeness (QED) is 0.678. The summed E-state index contributed by atoms with van der Waals surface area (Å²) < 4.78 is 0. The maximum Gasteiger partial charge on any atom is 0.267 e. The molecule has 0 radical (unpaired) electrons. The number of carbonyl (C=O) groups is 2. The molecule has 22 heavy (non-hydrogen) atoms. The van der Waals surface area contributed by atoms with E-state index < -0.39 is 11.8 Å². The van der Waals surface area contributed by atoms with Gasteiger partial charge in [0.2, 0.25) is 5.91 Å². The molecule has 4 N–H and O–H groups in total. The minimum Gasteiger partial charge on any atom is -0.366 e. The van der Waals surface area contributed by atoms with Gasteiger partial charge in [0.05, 0.1) is 11.0 Å². The SMILES string of the molecule is NC(=O)C1=c2ccc3c(c2C=N1)-c1cc(C(N)=O)ccc1N=3. The summed E-state index contributed by atoms with van der Waals surface area (Å²) >= 11 is 0. The third-order valence-electron chi connectivity index (χ3n) is 3.83. The van der Waals surface area contributed by atoms with Gasteiger partial charge in [-0.25, -0.2) is 9.98 Å².